The maximum Gasteiger partial charge on any atom is 0.0299 e. The molecule has 11 heavy (non-hydrogen) atoms. The van der Waals surface area contributed by atoms with E-state index in [1.54, 1.807) is 0 Å². The molecule has 3 radical (unpaired) electrons. The van der Waals surface area contributed by atoms with Crippen molar-refractivity contribution in [3.8, 4) is 0 Å². The third-order valence-corrected chi connectivity index (χ3v) is 4.43. The molecule has 0 N–H and O–H groups in total. The van der Waals surface area contributed by atoms with Crippen molar-refractivity contribution >= 4 is 14.7 Å². The minimum absolute atomic E-state index is 0.922. The van der Waals surface area contributed by atoms with Gasteiger partial charge >= 0.3 is 0 Å². The molecule has 0 amide bonds. The van der Waals surface area contributed by atoms with E-state index in [2.05, 4.69) is 19.7 Å². The van der Waals surface area contributed by atoms with Crippen LogP contribution in [0, 0.1) is 0 Å². The summed E-state index contributed by atoms with van der Waals surface area (Å²) in [6.07, 6.45) is 8.43. The Bertz CT molecular complexity index is 125. The molecule has 0 rings (SSSR count). The summed E-state index contributed by atoms with van der Waals surface area (Å²) in [6.45, 7) is 11.1. The fourth-order valence-corrected chi connectivity index (χ4v) is 2.98. The third kappa shape index (κ3) is 4.21. The Hall–Kier alpha value is -0.285. The van der Waals surface area contributed by atoms with Gasteiger partial charge in [0, 0.05) is 18.5 Å². The van der Waals surface area contributed by atoms with Crippen LogP contribution in [0.15, 0.2) is 38.0 Å². The van der Waals surface area contributed by atoms with E-state index in [-0.39, 0.29) is 0 Å². The summed E-state index contributed by atoms with van der Waals surface area (Å²) in [5.74, 6) is 0. The van der Waals surface area contributed by atoms with Crippen LogP contribution in [0.2, 0.25) is 0 Å². The van der Waals surface area contributed by atoms with E-state index < -0.39 is 7.14 Å². The maximum absolute atomic E-state index is 6.13. The number of hydrogen-bond donors (Lipinski definition) is 0. The van der Waals surface area contributed by atoms with E-state index >= 15 is 0 Å². The van der Waals surface area contributed by atoms with Crippen molar-refractivity contribution in [1.82, 2.24) is 0 Å². The fraction of sp³-hybridized carbons (Fsp3) is 0.333. The van der Waals surface area contributed by atoms with Gasteiger partial charge in [0.2, 0.25) is 0 Å². The van der Waals surface area contributed by atoms with Crippen LogP contribution in [0.3, 0.4) is 0 Å². The summed E-state index contributed by atoms with van der Waals surface area (Å²) < 4.78 is 0. The molecule has 0 aromatic carbocycles. The first-order valence-corrected chi connectivity index (χ1v) is 6.07. The first-order chi connectivity index (χ1) is 5.18. The van der Waals surface area contributed by atoms with Gasteiger partial charge in [-0.2, -0.15) is 0 Å². The highest BCUT2D eigenvalue weighted by molar-refractivity contribution is 7.97. The Kier molecular flexibility index (Phi) is 5.24. The van der Waals surface area contributed by atoms with E-state index in [1.165, 1.54) is 0 Å². The number of allylic oxidation sites excluding steroid dienone is 3. The van der Waals surface area contributed by atoms with Crippen molar-refractivity contribution in [3.63, 3.8) is 0 Å². The molecule has 0 saturated heterocycles. The lowest BCUT2D eigenvalue weighted by atomic mass is 10.7. The Morgan fingerprint density at radius 2 is 1.18 bits per heavy atom. The molecular formula is C9H15BP. The average molecular weight is 165 g/mol. The van der Waals surface area contributed by atoms with Gasteiger partial charge in [0.1, 0.15) is 0 Å². The monoisotopic (exact) mass is 165 g/mol. The van der Waals surface area contributed by atoms with Gasteiger partial charge in [-0.3, -0.25) is 0 Å². The van der Waals surface area contributed by atoms with Crippen molar-refractivity contribution in [1.29, 1.82) is 0 Å². The van der Waals surface area contributed by atoms with E-state index in [9.17, 15) is 0 Å². The summed E-state index contributed by atoms with van der Waals surface area (Å²) in [5.41, 5.74) is 0. The molecule has 59 valence electrons. The molecule has 0 aromatic heterocycles. The summed E-state index contributed by atoms with van der Waals surface area (Å²) in [5, 5.41) is 0. The Labute approximate surface area is 71.8 Å². The molecule has 0 nitrogen and oxygen atoms in total. The van der Waals surface area contributed by atoms with Crippen LogP contribution in [-0.2, 0) is 0 Å². The van der Waals surface area contributed by atoms with Crippen molar-refractivity contribution in [2.75, 3.05) is 18.5 Å². The van der Waals surface area contributed by atoms with Crippen LogP contribution < -0.4 is 0 Å². The lowest BCUT2D eigenvalue weighted by molar-refractivity contribution is 1.57. The van der Waals surface area contributed by atoms with Gasteiger partial charge in [0.05, 0.1) is 0 Å². The lowest BCUT2D eigenvalue weighted by Gasteiger charge is -2.33. The van der Waals surface area contributed by atoms with Crippen LogP contribution in [0.1, 0.15) is 0 Å². The second-order valence-electron chi connectivity index (χ2n) is 2.63. The van der Waals surface area contributed by atoms with Gasteiger partial charge in [0.25, 0.3) is 0 Å². The topological polar surface area (TPSA) is 0 Å². The molecule has 0 spiro atoms. The first kappa shape index (κ1) is 10.7. The molecule has 0 fully saturated rings. The van der Waals surface area contributed by atoms with Gasteiger partial charge < -0.3 is 7.57 Å². The van der Waals surface area contributed by atoms with Crippen LogP contribution in [0.5, 0.6) is 0 Å². The highest BCUT2D eigenvalue weighted by Crippen LogP contribution is 2.53. The van der Waals surface area contributed by atoms with Gasteiger partial charge in [-0.15, -0.1) is 0 Å². The summed E-state index contributed by atoms with van der Waals surface area (Å²) >= 11 is 0. The van der Waals surface area contributed by atoms with Crippen molar-refractivity contribution in [3.05, 3.63) is 38.0 Å². The zero-order valence-electron chi connectivity index (χ0n) is 7.00. The molecule has 0 saturated carbocycles. The zero-order valence-corrected chi connectivity index (χ0v) is 7.89. The van der Waals surface area contributed by atoms with Gasteiger partial charge in [0.15, 0.2) is 0 Å². The molecule has 0 atom stereocenters. The van der Waals surface area contributed by atoms with Crippen molar-refractivity contribution in [2.45, 2.75) is 0 Å². The van der Waals surface area contributed by atoms with E-state index in [0.29, 0.717) is 0 Å². The molecular weight excluding hydrogens is 150 g/mol. The standard InChI is InChI=1S/C9H15BP/c1-4-7-11(10,8-5-2)9-6-3/h4-6H,1-3,7-9H2. The quantitative estimate of drug-likeness (QED) is 0.322. The SMILES string of the molecule is [B-][P+](CC=C)(CC=C)CC=C. The van der Waals surface area contributed by atoms with Gasteiger partial charge in [-0.1, -0.05) is 38.0 Å². The zero-order chi connectivity index (χ0) is 8.74. The van der Waals surface area contributed by atoms with Crippen molar-refractivity contribution < 1.29 is 0 Å². The fourth-order valence-electron chi connectivity index (χ4n) is 0.995. The van der Waals surface area contributed by atoms with Gasteiger partial charge in [-0.25, -0.2) is 7.14 Å². The Morgan fingerprint density at radius 3 is 1.36 bits per heavy atom. The van der Waals surface area contributed by atoms with E-state index in [4.69, 9.17) is 7.57 Å². The van der Waals surface area contributed by atoms with Crippen molar-refractivity contribution in [2.24, 2.45) is 0 Å². The molecule has 0 aliphatic rings. The molecule has 0 heterocycles. The average Bonchev–Trinajstić information content (AvgIpc) is 1.88. The maximum atomic E-state index is 6.13. The molecule has 0 aliphatic heterocycles. The second-order valence-corrected chi connectivity index (χ2v) is 6.16. The van der Waals surface area contributed by atoms with Crippen LogP contribution >= 0.6 is 7.14 Å². The normalized spacial score (nSPS) is 10.6. The van der Waals surface area contributed by atoms with E-state index in [1.807, 2.05) is 18.2 Å². The molecule has 0 aromatic rings. The highest BCUT2D eigenvalue weighted by Gasteiger charge is 2.11. The van der Waals surface area contributed by atoms with Crippen LogP contribution in [0.4, 0.5) is 0 Å². The van der Waals surface area contributed by atoms with Crippen LogP contribution in [-0.4, -0.2) is 26.1 Å². The predicted molar refractivity (Wildman–Crippen MR) is 57.9 cm³/mol. The molecule has 0 unspecified atom stereocenters. The summed E-state index contributed by atoms with van der Waals surface area (Å²) in [7, 11) is 4.80. The predicted octanol–water partition coefficient (Wildman–Crippen LogP) is 2.65. The summed E-state index contributed by atoms with van der Waals surface area (Å²) in [4.78, 5) is 0. The minimum atomic E-state index is -1.32. The number of hydrogen-bond acceptors (Lipinski definition) is 0. The lowest BCUT2D eigenvalue weighted by Crippen LogP contribution is -2.03. The second kappa shape index (κ2) is 5.38. The summed E-state index contributed by atoms with van der Waals surface area (Å²) in [6, 6.07) is 0. The smallest absolute Gasteiger partial charge is 0.0299 e. The molecule has 0 bridgehead atoms. The largest absolute Gasteiger partial charge is 0.305 e. The Balaban J connectivity index is 4.09. The molecule has 2 heteroatoms. The highest BCUT2D eigenvalue weighted by atomic mass is 31.2. The Morgan fingerprint density at radius 1 is 0.909 bits per heavy atom. The van der Waals surface area contributed by atoms with Crippen LogP contribution in [0.25, 0.3) is 0 Å². The third-order valence-electron chi connectivity index (χ3n) is 1.48. The number of rotatable bonds is 6. The minimum Gasteiger partial charge on any atom is -0.305 e. The van der Waals surface area contributed by atoms with Gasteiger partial charge in [-0.05, 0) is 0 Å². The molecule has 0 aliphatic carbocycles. The first-order valence-electron chi connectivity index (χ1n) is 3.66. The van der Waals surface area contributed by atoms with E-state index in [0.717, 1.165) is 18.5 Å².